The summed E-state index contributed by atoms with van der Waals surface area (Å²) in [7, 11) is 0. The molecule has 0 amide bonds. The first-order valence-electron chi connectivity index (χ1n) is 10.8. The van der Waals surface area contributed by atoms with Crippen LogP contribution < -0.4 is 9.80 Å². The summed E-state index contributed by atoms with van der Waals surface area (Å²) in [6.45, 7) is 6.78. The molecule has 1 aromatic heterocycles. The Bertz CT molecular complexity index is 686. The fraction of sp³-hybridized carbons (Fsp3) is 0.667. The van der Waals surface area contributed by atoms with E-state index in [0.717, 1.165) is 38.4 Å². The van der Waals surface area contributed by atoms with Crippen LogP contribution in [0.2, 0.25) is 0 Å². The number of tetrazole rings is 1. The van der Waals surface area contributed by atoms with E-state index in [4.69, 9.17) is 0 Å². The summed E-state index contributed by atoms with van der Waals surface area (Å²) < 4.78 is 2.19. The maximum absolute atomic E-state index is 4.53. The Morgan fingerprint density at radius 3 is 2.52 bits per heavy atom. The fourth-order valence-electron chi connectivity index (χ4n) is 4.86. The molecule has 1 saturated heterocycles. The molecular weight excluding hydrogens is 336 g/mol. The first-order chi connectivity index (χ1) is 13.4. The van der Waals surface area contributed by atoms with Gasteiger partial charge in [-0.3, -0.25) is 0 Å². The molecule has 1 aliphatic carbocycles. The van der Waals surface area contributed by atoms with Gasteiger partial charge < -0.3 is 9.80 Å². The van der Waals surface area contributed by atoms with Crippen LogP contribution >= 0.6 is 0 Å². The second-order valence-electron chi connectivity index (χ2n) is 8.10. The van der Waals surface area contributed by atoms with Crippen LogP contribution in [0.1, 0.15) is 69.8 Å². The summed E-state index contributed by atoms with van der Waals surface area (Å²) in [5, 5.41) is 13.1. The van der Waals surface area contributed by atoms with Crippen LogP contribution in [0, 0.1) is 0 Å². The van der Waals surface area contributed by atoms with Gasteiger partial charge in [0.1, 0.15) is 6.04 Å². The van der Waals surface area contributed by atoms with Gasteiger partial charge >= 0.3 is 0 Å². The lowest BCUT2D eigenvalue weighted by atomic mass is 9.95. The number of benzene rings is 1. The van der Waals surface area contributed by atoms with Crippen LogP contribution in [-0.4, -0.2) is 46.4 Å². The molecule has 1 N–H and O–H groups in total. The molecule has 146 valence electrons. The Labute approximate surface area is 162 Å². The number of para-hydroxylation sites is 1. The fourth-order valence-corrected chi connectivity index (χ4v) is 4.86. The van der Waals surface area contributed by atoms with Gasteiger partial charge in [-0.2, -0.15) is 0 Å². The minimum absolute atomic E-state index is 0.421. The number of nitrogens with one attached hydrogen (secondary N) is 1. The molecule has 1 saturated carbocycles. The lowest BCUT2D eigenvalue weighted by Crippen LogP contribution is -3.15. The molecule has 6 nitrogen and oxygen atoms in total. The smallest absolute Gasteiger partial charge is 0.209 e. The highest BCUT2D eigenvalue weighted by Gasteiger charge is 2.33. The molecule has 2 aliphatic rings. The van der Waals surface area contributed by atoms with Crippen molar-refractivity contribution in [2.75, 3.05) is 31.1 Å². The summed E-state index contributed by atoms with van der Waals surface area (Å²) in [5.74, 6) is 1.13. The third kappa shape index (κ3) is 4.15. The number of quaternary nitrogens is 1. The van der Waals surface area contributed by atoms with E-state index in [0.29, 0.717) is 12.1 Å². The van der Waals surface area contributed by atoms with Crippen LogP contribution in [-0.2, 0) is 0 Å². The third-order valence-electron chi connectivity index (χ3n) is 6.35. The largest absolute Gasteiger partial charge is 0.360 e. The van der Waals surface area contributed by atoms with Crippen molar-refractivity contribution in [3.05, 3.63) is 36.2 Å². The Kier molecular flexibility index (Phi) is 6.02. The molecule has 4 rings (SSSR count). The Hall–Kier alpha value is -1.95. The quantitative estimate of drug-likeness (QED) is 0.850. The van der Waals surface area contributed by atoms with Gasteiger partial charge in [-0.25, -0.2) is 4.68 Å². The van der Waals surface area contributed by atoms with Gasteiger partial charge in [-0.05, 0) is 35.4 Å². The minimum Gasteiger partial charge on any atom is -0.360 e. The van der Waals surface area contributed by atoms with E-state index in [9.17, 15) is 0 Å². The average molecular weight is 370 g/mol. The summed E-state index contributed by atoms with van der Waals surface area (Å²) >= 11 is 0. The molecule has 0 radical (unpaired) electrons. The summed E-state index contributed by atoms with van der Waals surface area (Å²) in [6.07, 6.45) is 8.78. The Morgan fingerprint density at radius 1 is 1.07 bits per heavy atom. The second kappa shape index (κ2) is 8.83. The Balaban J connectivity index is 1.47. The van der Waals surface area contributed by atoms with E-state index in [-0.39, 0.29) is 0 Å². The average Bonchev–Trinajstić information content (AvgIpc) is 3.23. The van der Waals surface area contributed by atoms with Gasteiger partial charge in [-0.1, -0.05) is 50.8 Å². The number of nitrogens with zero attached hydrogens (tertiary/aromatic N) is 5. The van der Waals surface area contributed by atoms with Crippen molar-refractivity contribution in [2.24, 2.45) is 0 Å². The van der Waals surface area contributed by atoms with Crippen molar-refractivity contribution >= 4 is 5.69 Å². The first-order valence-corrected chi connectivity index (χ1v) is 10.8. The molecule has 1 atom stereocenters. The van der Waals surface area contributed by atoms with Crippen molar-refractivity contribution in [2.45, 2.75) is 64.0 Å². The monoisotopic (exact) mass is 369 g/mol. The summed E-state index contributed by atoms with van der Waals surface area (Å²) in [4.78, 5) is 4.16. The van der Waals surface area contributed by atoms with E-state index < -0.39 is 0 Å². The van der Waals surface area contributed by atoms with Crippen molar-refractivity contribution in [1.29, 1.82) is 0 Å². The summed E-state index contributed by atoms with van der Waals surface area (Å²) in [5.41, 5.74) is 1.34. The minimum atomic E-state index is 0.421. The van der Waals surface area contributed by atoms with Crippen LogP contribution in [0.15, 0.2) is 30.3 Å². The van der Waals surface area contributed by atoms with Gasteiger partial charge in [0.15, 0.2) is 0 Å². The molecule has 0 bridgehead atoms. The normalized spacial score (nSPS) is 20.7. The standard InChI is InChI=1S/C21H32N6/c1-2-9-20(21-22-23-24-27(21)19-12-7-4-8-13-19)26-16-14-25(15-17-26)18-10-5-3-6-11-18/h3,5-6,10-11,19-20H,2,4,7-9,12-17H2,1H3/p+1/t20-/m0/s1. The van der Waals surface area contributed by atoms with E-state index in [1.165, 1.54) is 44.2 Å². The predicted molar refractivity (Wildman–Crippen MR) is 107 cm³/mol. The van der Waals surface area contributed by atoms with Gasteiger partial charge in [0.25, 0.3) is 0 Å². The molecule has 1 aliphatic heterocycles. The Morgan fingerprint density at radius 2 is 1.81 bits per heavy atom. The molecule has 0 unspecified atom stereocenters. The zero-order valence-corrected chi connectivity index (χ0v) is 16.6. The van der Waals surface area contributed by atoms with Crippen LogP contribution in [0.25, 0.3) is 0 Å². The van der Waals surface area contributed by atoms with Crippen molar-refractivity contribution in [3.63, 3.8) is 0 Å². The molecule has 0 spiro atoms. The zero-order valence-electron chi connectivity index (χ0n) is 16.6. The van der Waals surface area contributed by atoms with Gasteiger partial charge in [0.2, 0.25) is 5.82 Å². The SMILES string of the molecule is CCC[C@@H](c1nnnn1C1CCCCC1)[NH+]1CCN(c2ccccc2)CC1. The van der Waals surface area contributed by atoms with Crippen LogP contribution in [0.5, 0.6) is 0 Å². The molecule has 2 aromatic rings. The van der Waals surface area contributed by atoms with Crippen LogP contribution in [0.3, 0.4) is 0 Å². The molecular formula is C21H33N6+. The van der Waals surface area contributed by atoms with Crippen molar-refractivity contribution in [1.82, 2.24) is 20.2 Å². The highest BCUT2D eigenvalue weighted by atomic mass is 15.6. The third-order valence-corrected chi connectivity index (χ3v) is 6.35. The van der Waals surface area contributed by atoms with E-state index >= 15 is 0 Å². The van der Waals surface area contributed by atoms with Gasteiger partial charge in [0, 0.05) is 12.1 Å². The highest BCUT2D eigenvalue weighted by molar-refractivity contribution is 5.46. The van der Waals surface area contributed by atoms with Crippen LogP contribution in [0.4, 0.5) is 5.69 Å². The zero-order chi connectivity index (χ0) is 18.5. The number of anilines is 1. The predicted octanol–water partition coefficient (Wildman–Crippen LogP) is 2.42. The molecule has 1 aromatic carbocycles. The number of hydrogen-bond acceptors (Lipinski definition) is 4. The first kappa shape index (κ1) is 18.4. The highest BCUT2D eigenvalue weighted by Crippen LogP contribution is 2.29. The maximum Gasteiger partial charge on any atom is 0.209 e. The lowest BCUT2D eigenvalue weighted by molar-refractivity contribution is -0.933. The molecule has 2 fully saturated rings. The van der Waals surface area contributed by atoms with Crippen molar-refractivity contribution < 1.29 is 4.90 Å². The van der Waals surface area contributed by atoms with E-state index in [1.54, 1.807) is 4.90 Å². The van der Waals surface area contributed by atoms with E-state index in [2.05, 4.69) is 62.4 Å². The molecule has 27 heavy (non-hydrogen) atoms. The second-order valence-corrected chi connectivity index (χ2v) is 8.10. The van der Waals surface area contributed by atoms with Gasteiger partial charge in [-0.15, -0.1) is 5.10 Å². The number of piperazine rings is 1. The number of rotatable bonds is 6. The topological polar surface area (TPSA) is 51.3 Å². The molecule has 2 heterocycles. The number of hydrogen-bond donors (Lipinski definition) is 1. The van der Waals surface area contributed by atoms with E-state index in [1.807, 2.05) is 0 Å². The molecule has 6 heteroatoms. The van der Waals surface area contributed by atoms with Crippen molar-refractivity contribution in [3.8, 4) is 0 Å². The summed E-state index contributed by atoms with van der Waals surface area (Å²) in [6, 6.07) is 11.7. The maximum atomic E-state index is 4.53. The lowest BCUT2D eigenvalue weighted by Gasteiger charge is -2.37. The number of aromatic nitrogens is 4. The van der Waals surface area contributed by atoms with Gasteiger partial charge in [0.05, 0.1) is 32.2 Å².